The van der Waals surface area contributed by atoms with E-state index in [1.165, 1.54) is 0 Å². The third kappa shape index (κ3) is 3.26. The Morgan fingerprint density at radius 1 is 1.25 bits per heavy atom. The van der Waals surface area contributed by atoms with Crippen LogP contribution in [0.2, 0.25) is 0 Å². The van der Waals surface area contributed by atoms with E-state index in [4.69, 9.17) is 9.52 Å². The van der Waals surface area contributed by atoms with E-state index in [9.17, 15) is 9.59 Å². The van der Waals surface area contributed by atoms with Crippen LogP contribution < -0.4 is 5.32 Å². The van der Waals surface area contributed by atoms with Crippen molar-refractivity contribution in [2.75, 3.05) is 5.32 Å². The molecule has 0 bridgehead atoms. The van der Waals surface area contributed by atoms with Gasteiger partial charge in [-0.1, -0.05) is 12.1 Å². The van der Waals surface area contributed by atoms with Gasteiger partial charge in [-0.25, -0.2) is 0 Å². The quantitative estimate of drug-likeness (QED) is 0.897. The van der Waals surface area contributed by atoms with E-state index in [0.717, 1.165) is 0 Å². The van der Waals surface area contributed by atoms with Crippen molar-refractivity contribution in [1.82, 2.24) is 0 Å². The molecule has 1 amide bonds. The van der Waals surface area contributed by atoms with Gasteiger partial charge in [0.1, 0.15) is 11.5 Å². The molecule has 0 aliphatic carbocycles. The number of carboxylic acids is 1. The number of carbonyl (C=O) groups is 2. The second kappa shape index (κ2) is 5.61. The molecule has 0 saturated heterocycles. The lowest BCUT2D eigenvalue weighted by Crippen LogP contribution is -2.12. The largest absolute Gasteiger partial charge is 0.481 e. The van der Waals surface area contributed by atoms with E-state index in [1.807, 2.05) is 0 Å². The van der Waals surface area contributed by atoms with Crippen LogP contribution in [0.3, 0.4) is 0 Å². The number of hydrogen-bond acceptors (Lipinski definition) is 3. The summed E-state index contributed by atoms with van der Waals surface area (Å²) in [6, 6.07) is 8.45. The minimum atomic E-state index is -0.908. The van der Waals surface area contributed by atoms with Crippen molar-refractivity contribution in [3.8, 4) is 0 Å². The minimum Gasteiger partial charge on any atom is -0.481 e. The van der Waals surface area contributed by atoms with E-state index in [0.29, 0.717) is 28.3 Å². The molecular weight excluding hydrogens is 258 g/mol. The van der Waals surface area contributed by atoms with Gasteiger partial charge in [-0.05, 0) is 37.6 Å². The fraction of sp³-hybridized carbons (Fsp3) is 0.200. The second-order valence-electron chi connectivity index (χ2n) is 4.55. The molecule has 1 aromatic heterocycles. The highest BCUT2D eigenvalue weighted by Crippen LogP contribution is 2.17. The third-order valence-electron chi connectivity index (χ3n) is 2.83. The Morgan fingerprint density at radius 3 is 2.60 bits per heavy atom. The van der Waals surface area contributed by atoms with Gasteiger partial charge in [-0.3, -0.25) is 9.59 Å². The normalized spacial score (nSPS) is 10.3. The van der Waals surface area contributed by atoms with Crippen molar-refractivity contribution in [3.63, 3.8) is 0 Å². The van der Waals surface area contributed by atoms with Crippen LogP contribution in [0, 0.1) is 13.8 Å². The molecule has 1 aromatic carbocycles. The summed E-state index contributed by atoms with van der Waals surface area (Å²) in [4.78, 5) is 22.8. The Labute approximate surface area is 116 Å². The standard InChI is InChI=1S/C15H15NO4/c1-9-6-13(10(2)20-9)15(19)16-12-5-3-4-11(7-12)8-14(17)18/h3-7H,8H2,1-2H3,(H,16,19)(H,17,18). The van der Waals surface area contributed by atoms with Crippen LogP contribution in [0.1, 0.15) is 27.4 Å². The molecule has 1 heterocycles. The van der Waals surface area contributed by atoms with Crippen LogP contribution in [-0.4, -0.2) is 17.0 Å². The molecule has 0 aliphatic rings. The summed E-state index contributed by atoms with van der Waals surface area (Å²) >= 11 is 0. The van der Waals surface area contributed by atoms with Crippen molar-refractivity contribution in [3.05, 3.63) is 53.0 Å². The van der Waals surface area contributed by atoms with Gasteiger partial charge in [0.25, 0.3) is 5.91 Å². The molecule has 0 aliphatic heterocycles. The average Bonchev–Trinajstić information content (AvgIpc) is 2.68. The predicted octanol–water partition coefficient (Wildman–Crippen LogP) is 2.78. The zero-order valence-corrected chi connectivity index (χ0v) is 11.3. The number of anilines is 1. The van der Waals surface area contributed by atoms with Gasteiger partial charge in [0.2, 0.25) is 0 Å². The number of aliphatic carboxylic acids is 1. The highest BCUT2D eigenvalue weighted by atomic mass is 16.4. The number of amides is 1. The molecule has 0 saturated carbocycles. The molecule has 5 heteroatoms. The van der Waals surface area contributed by atoms with Crippen LogP contribution in [0.15, 0.2) is 34.7 Å². The first kappa shape index (κ1) is 13.9. The number of nitrogens with one attached hydrogen (secondary N) is 1. The Hall–Kier alpha value is -2.56. The Kier molecular flexibility index (Phi) is 3.89. The zero-order chi connectivity index (χ0) is 14.7. The number of hydrogen-bond donors (Lipinski definition) is 2. The van der Waals surface area contributed by atoms with Gasteiger partial charge in [0, 0.05) is 5.69 Å². The van der Waals surface area contributed by atoms with Crippen molar-refractivity contribution in [2.45, 2.75) is 20.3 Å². The van der Waals surface area contributed by atoms with Crippen LogP contribution in [0.5, 0.6) is 0 Å². The van der Waals surface area contributed by atoms with Crippen LogP contribution in [0.4, 0.5) is 5.69 Å². The fourth-order valence-corrected chi connectivity index (χ4v) is 1.99. The molecule has 0 unspecified atom stereocenters. The van der Waals surface area contributed by atoms with Crippen LogP contribution in [-0.2, 0) is 11.2 Å². The van der Waals surface area contributed by atoms with Crippen LogP contribution in [0.25, 0.3) is 0 Å². The highest BCUT2D eigenvalue weighted by molar-refractivity contribution is 6.05. The fourth-order valence-electron chi connectivity index (χ4n) is 1.99. The number of aryl methyl sites for hydroxylation is 2. The number of carbonyl (C=O) groups excluding carboxylic acids is 1. The summed E-state index contributed by atoms with van der Waals surface area (Å²) in [6.07, 6.45) is -0.0758. The molecule has 104 valence electrons. The molecule has 0 fully saturated rings. The summed E-state index contributed by atoms with van der Waals surface area (Å²) in [5, 5.41) is 11.5. The second-order valence-corrected chi connectivity index (χ2v) is 4.55. The maximum Gasteiger partial charge on any atom is 0.307 e. The van der Waals surface area contributed by atoms with Crippen molar-refractivity contribution < 1.29 is 19.1 Å². The zero-order valence-electron chi connectivity index (χ0n) is 11.3. The number of benzene rings is 1. The number of rotatable bonds is 4. The first-order chi connectivity index (χ1) is 9.45. The van der Waals surface area contributed by atoms with Crippen molar-refractivity contribution in [2.24, 2.45) is 0 Å². The lowest BCUT2D eigenvalue weighted by atomic mass is 10.1. The monoisotopic (exact) mass is 273 g/mol. The van der Waals surface area contributed by atoms with Crippen molar-refractivity contribution >= 4 is 17.6 Å². The minimum absolute atomic E-state index is 0.0758. The van der Waals surface area contributed by atoms with Gasteiger partial charge >= 0.3 is 5.97 Å². The topological polar surface area (TPSA) is 79.5 Å². The van der Waals surface area contributed by atoms with E-state index in [2.05, 4.69) is 5.32 Å². The van der Waals surface area contributed by atoms with Gasteiger partial charge in [-0.15, -0.1) is 0 Å². The van der Waals surface area contributed by atoms with E-state index >= 15 is 0 Å². The average molecular weight is 273 g/mol. The summed E-state index contributed by atoms with van der Waals surface area (Å²) in [7, 11) is 0. The molecule has 0 spiro atoms. The molecule has 2 N–H and O–H groups in total. The van der Waals surface area contributed by atoms with Gasteiger partial charge in [0.05, 0.1) is 12.0 Å². The third-order valence-corrected chi connectivity index (χ3v) is 2.83. The lowest BCUT2D eigenvalue weighted by molar-refractivity contribution is -0.136. The van der Waals surface area contributed by atoms with Gasteiger partial charge in [0.15, 0.2) is 0 Å². The molecule has 2 aromatic rings. The molecule has 0 radical (unpaired) electrons. The Bertz CT molecular complexity index is 658. The first-order valence-corrected chi connectivity index (χ1v) is 6.15. The molecule has 0 atom stereocenters. The Balaban J connectivity index is 2.15. The first-order valence-electron chi connectivity index (χ1n) is 6.15. The lowest BCUT2D eigenvalue weighted by Gasteiger charge is -2.06. The van der Waals surface area contributed by atoms with E-state index < -0.39 is 5.97 Å². The van der Waals surface area contributed by atoms with Crippen LogP contribution >= 0.6 is 0 Å². The predicted molar refractivity (Wildman–Crippen MR) is 73.9 cm³/mol. The molecular formula is C15H15NO4. The molecule has 2 rings (SSSR count). The Morgan fingerprint density at radius 2 is 2.00 bits per heavy atom. The summed E-state index contributed by atoms with van der Waals surface area (Å²) < 4.78 is 5.31. The number of furan rings is 1. The SMILES string of the molecule is Cc1cc(C(=O)Nc2cccc(CC(=O)O)c2)c(C)o1. The van der Waals surface area contributed by atoms with E-state index in [1.54, 1.807) is 44.2 Å². The highest BCUT2D eigenvalue weighted by Gasteiger charge is 2.13. The van der Waals surface area contributed by atoms with E-state index in [-0.39, 0.29) is 12.3 Å². The molecule has 5 nitrogen and oxygen atoms in total. The van der Waals surface area contributed by atoms with Gasteiger partial charge < -0.3 is 14.8 Å². The maximum atomic E-state index is 12.1. The van der Waals surface area contributed by atoms with Gasteiger partial charge in [-0.2, -0.15) is 0 Å². The molecule has 20 heavy (non-hydrogen) atoms. The van der Waals surface area contributed by atoms with Crippen molar-refractivity contribution in [1.29, 1.82) is 0 Å². The summed E-state index contributed by atoms with van der Waals surface area (Å²) in [5.74, 6) is 0.0515. The summed E-state index contributed by atoms with van der Waals surface area (Å²) in [5.41, 5.74) is 1.67. The summed E-state index contributed by atoms with van der Waals surface area (Å²) in [6.45, 7) is 3.50. The maximum absolute atomic E-state index is 12.1. The smallest absolute Gasteiger partial charge is 0.307 e. The number of carboxylic acid groups (broad SMARTS) is 1.